The second-order valence-electron chi connectivity index (χ2n) is 8.37. The minimum absolute atomic E-state index is 0.00837. The standard InChI is InChI=1S/C26H34N2O3/c1-20(26(30)27-23-11-7-4-8-12-23)28(19-22-13-16-24(31-2)17-14-22)25(29)18-15-21-9-5-3-6-10-21/h3,5-6,9-10,13-14,16-17,20,23H,4,7-8,11-12,15,18-19H2,1-2H3,(H,27,30)/t20-/m1/s1. The molecule has 0 saturated heterocycles. The number of carbonyl (C=O) groups excluding carboxylic acids is 2. The van der Waals surface area contributed by atoms with Crippen molar-refractivity contribution in [3.05, 3.63) is 65.7 Å². The van der Waals surface area contributed by atoms with E-state index in [2.05, 4.69) is 5.32 Å². The third-order valence-electron chi connectivity index (χ3n) is 6.10. The van der Waals surface area contributed by atoms with Crippen LogP contribution in [0.15, 0.2) is 54.6 Å². The first-order valence-corrected chi connectivity index (χ1v) is 11.3. The highest BCUT2D eigenvalue weighted by molar-refractivity contribution is 5.87. The fourth-order valence-electron chi connectivity index (χ4n) is 4.12. The van der Waals surface area contributed by atoms with Crippen LogP contribution in [0.5, 0.6) is 5.75 Å². The SMILES string of the molecule is COc1ccc(CN(C(=O)CCc2ccccc2)[C@H](C)C(=O)NC2CCCCC2)cc1. The van der Waals surface area contributed by atoms with E-state index in [1.807, 2.05) is 61.5 Å². The molecule has 2 aromatic rings. The van der Waals surface area contributed by atoms with E-state index in [1.165, 1.54) is 6.42 Å². The van der Waals surface area contributed by atoms with Gasteiger partial charge in [0.05, 0.1) is 7.11 Å². The molecule has 166 valence electrons. The van der Waals surface area contributed by atoms with E-state index in [1.54, 1.807) is 12.0 Å². The number of carbonyl (C=O) groups is 2. The van der Waals surface area contributed by atoms with Crippen LogP contribution >= 0.6 is 0 Å². The maximum absolute atomic E-state index is 13.2. The molecule has 5 heteroatoms. The summed E-state index contributed by atoms with van der Waals surface area (Å²) in [5, 5.41) is 3.18. The fraction of sp³-hybridized carbons (Fsp3) is 0.462. The summed E-state index contributed by atoms with van der Waals surface area (Å²) >= 11 is 0. The number of aryl methyl sites for hydroxylation is 1. The van der Waals surface area contributed by atoms with E-state index in [-0.39, 0.29) is 17.9 Å². The van der Waals surface area contributed by atoms with Crippen LogP contribution in [-0.4, -0.2) is 35.9 Å². The molecule has 1 fully saturated rings. The normalized spacial score (nSPS) is 15.2. The number of benzene rings is 2. The molecule has 1 aliphatic rings. The van der Waals surface area contributed by atoms with Gasteiger partial charge in [0.1, 0.15) is 11.8 Å². The van der Waals surface area contributed by atoms with Crippen molar-refractivity contribution in [1.82, 2.24) is 10.2 Å². The van der Waals surface area contributed by atoms with E-state index in [0.717, 1.165) is 42.6 Å². The highest BCUT2D eigenvalue weighted by atomic mass is 16.5. The third kappa shape index (κ3) is 6.84. The molecule has 1 atom stereocenters. The predicted molar refractivity (Wildman–Crippen MR) is 123 cm³/mol. The average molecular weight is 423 g/mol. The number of nitrogens with one attached hydrogen (secondary N) is 1. The van der Waals surface area contributed by atoms with E-state index < -0.39 is 6.04 Å². The van der Waals surface area contributed by atoms with Crippen molar-refractivity contribution in [2.24, 2.45) is 0 Å². The van der Waals surface area contributed by atoms with Gasteiger partial charge in [-0.2, -0.15) is 0 Å². The number of ether oxygens (including phenoxy) is 1. The number of rotatable bonds is 9. The summed E-state index contributed by atoms with van der Waals surface area (Å²) in [7, 11) is 1.63. The van der Waals surface area contributed by atoms with Gasteiger partial charge in [-0.1, -0.05) is 61.7 Å². The molecule has 3 rings (SSSR count). The Bertz CT molecular complexity index is 829. The summed E-state index contributed by atoms with van der Waals surface area (Å²) in [4.78, 5) is 27.9. The van der Waals surface area contributed by atoms with Gasteiger partial charge in [0.2, 0.25) is 11.8 Å². The van der Waals surface area contributed by atoms with Crippen molar-refractivity contribution >= 4 is 11.8 Å². The van der Waals surface area contributed by atoms with Crippen molar-refractivity contribution in [2.45, 2.75) is 70.5 Å². The number of nitrogens with zero attached hydrogens (tertiary/aromatic N) is 1. The Kier molecular flexibility index (Phi) is 8.51. The highest BCUT2D eigenvalue weighted by Crippen LogP contribution is 2.19. The Hall–Kier alpha value is -2.82. The second kappa shape index (κ2) is 11.5. The summed E-state index contributed by atoms with van der Waals surface area (Å²) < 4.78 is 5.23. The maximum atomic E-state index is 13.2. The lowest BCUT2D eigenvalue weighted by Crippen LogP contribution is -2.50. The van der Waals surface area contributed by atoms with Gasteiger partial charge in [-0.05, 0) is 49.4 Å². The van der Waals surface area contributed by atoms with Gasteiger partial charge < -0.3 is 15.0 Å². The van der Waals surface area contributed by atoms with Crippen molar-refractivity contribution < 1.29 is 14.3 Å². The van der Waals surface area contributed by atoms with Gasteiger partial charge in [0, 0.05) is 19.0 Å². The summed E-state index contributed by atoms with van der Waals surface area (Å²) in [6.07, 6.45) is 6.65. The molecule has 2 aromatic carbocycles. The average Bonchev–Trinajstić information content (AvgIpc) is 2.82. The Morgan fingerprint density at radius 2 is 1.68 bits per heavy atom. The zero-order chi connectivity index (χ0) is 22.1. The first kappa shape index (κ1) is 22.9. The zero-order valence-corrected chi connectivity index (χ0v) is 18.7. The zero-order valence-electron chi connectivity index (χ0n) is 18.7. The Morgan fingerprint density at radius 1 is 1.00 bits per heavy atom. The number of amides is 2. The van der Waals surface area contributed by atoms with Crippen LogP contribution in [0.4, 0.5) is 0 Å². The monoisotopic (exact) mass is 422 g/mol. The molecule has 0 aliphatic heterocycles. The molecule has 31 heavy (non-hydrogen) atoms. The fourth-order valence-corrected chi connectivity index (χ4v) is 4.12. The Labute approximate surface area is 185 Å². The molecule has 2 amide bonds. The molecule has 0 aromatic heterocycles. The minimum atomic E-state index is -0.521. The van der Waals surface area contributed by atoms with Gasteiger partial charge in [0.15, 0.2) is 0 Å². The van der Waals surface area contributed by atoms with Crippen molar-refractivity contribution in [1.29, 1.82) is 0 Å². The van der Waals surface area contributed by atoms with Gasteiger partial charge in [-0.3, -0.25) is 9.59 Å². The maximum Gasteiger partial charge on any atom is 0.242 e. The van der Waals surface area contributed by atoms with Gasteiger partial charge in [0.25, 0.3) is 0 Å². The molecule has 1 saturated carbocycles. The highest BCUT2D eigenvalue weighted by Gasteiger charge is 2.27. The summed E-state index contributed by atoms with van der Waals surface area (Å²) in [6.45, 7) is 2.24. The van der Waals surface area contributed by atoms with E-state index in [0.29, 0.717) is 19.4 Å². The topological polar surface area (TPSA) is 58.6 Å². The second-order valence-corrected chi connectivity index (χ2v) is 8.37. The van der Waals surface area contributed by atoms with Gasteiger partial charge in [-0.25, -0.2) is 0 Å². The van der Waals surface area contributed by atoms with Gasteiger partial charge >= 0.3 is 0 Å². The van der Waals surface area contributed by atoms with Crippen LogP contribution in [0.3, 0.4) is 0 Å². The van der Waals surface area contributed by atoms with Gasteiger partial charge in [-0.15, -0.1) is 0 Å². The van der Waals surface area contributed by atoms with E-state index >= 15 is 0 Å². The lowest BCUT2D eigenvalue weighted by Gasteiger charge is -2.31. The van der Waals surface area contributed by atoms with Crippen molar-refractivity contribution in [2.75, 3.05) is 7.11 Å². The minimum Gasteiger partial charge on any atom is -0.497 e. The van der Waals surface area contributed by atoms with E-state index in [4.69, 9.17) is 4.74 Å². The van der Waals surface area contributed by atoms with Crippen LogP contribution in [-0.2, 0) is 22.6 Å². The molecular formula is C26H34N2O3. The summed E-state index contributed by atoms with van der Waals surface area (Å²) in [6, 6.07) is 17.4. The van der Waals surface area contributed by atoms with Crippen LogP contribution in [0, 0.1) is 0 Å². The number of hydrogen-bond donors (Lipinski definition) is 1. The molecule has 5 nitrogen and oxygen atoms in total. The van der Waals surface area contributed by atoms with Crippen LogP contribution in [0.25, 0.3) is 0 Å². The molecule has 0 radical (unpaired) electrons. The number of methoxy groups -OCH3 is 1. The van der Waals surface area contributed by atoms with Crippen LogP contribution in [0.2, 0.25) is 0 Å². The lowest BCUT2D eigenvalue weighted by molar-refractivity contribution is -0.141. The largest absolute Gasteiger partial charge is 0.497 e. The molecule has 0 unspecified atom stereocenters. The summed E-state index contributed by atoms with van der Waals surface area (Å²) in [5.74, 6) is 0.702. The van der Waals surface area contributed by atoms with E-state index in [9.17, 15) is 9.59 Å². The molecule has 0 heterocycles. The molecule has 1 aliphatic carbocycles. The molecule has 1 N–H and O–H groups in total. The van der Waals surface area contributed by atoms with Crippen molar-refractivity contribution in [3.63, 3.8) is 0 Å². The molecule has 0 spiro atoms. The quantitative estimate of drug-likeness (QED) is 0.648. The number of hydrogen-bond acceptors (Lipinski definition) is 3. The molecular weight excluding hydrogens is 388 g/mol. The Balaban J connectivity index is 1.69. The first-order valence-electron chi connectivity index (χ1n) is 11.3. The summed E-state index contributed by atoms with van der Waals surface area (Å²) in [5.41, 5.74) is 2.10. The van der Waals surface area contributed by atoms with Crippen LogP contribution in [0.1, 0.15) is 56.6 Å². The van der Waals surface area contributed by atoms with Crippen molar-refractivity contribution in [3.8, 4) is 5.75 Å². The Morgan fingerprint density at radius 3 is 2.32 bits per heavy atom. The first-order chi connectivity index (χ1) is 15.1. The molecule has 0 bridgehead atoms. The smallest absolute Gasteiger partial charge is 0.242 e. The predicted octanol–water partition coefficient (Wildman–Crippen LogP) is 4.49. The van der Waals surface area contributed by atoms with Crippen LogP contribution < -0.4 is 10.1 Å². The lowest BCUT2D eigenvalue weighted by atomic mass is 9.95. The third-order valence-corrected chi connectivity index (χ3v) is 6.10.